The fraction of sp³-hybridized carbons (Fsp3) is 0.818. The summed E-state index contributed by atoms with van der Waals surface area (Å²) >= 11 is 0. The van der Waals surface area contributed by atoms with Gasteiger partial charge >= 0.3 is 0 Å². The lowest BCUT2D eigenvalue weighted by Crippen LogP contribution is -2.37. The number of hydrogen-bond donors (Lipinski definition) is 1. The van der Waals surface area contributed by atoms with E-state index in [1.807, 2.05) is 0 Å². The molecule has 13 heavy (non-hydrogen) atoms. The minimum atomic E-state index is 0.726. The van der Waals surface area contributed by atoms with E-state index < -0.39 is 0 Å². The monoisotopic (exact) mass is 182 g/mol. The van der Waals surface area contributed by atoms with Gasteiger partial charge in [0.25, 0.3) is 0 Å². The molecule has 0 saturated carbocycles. The number of nitrogens with one attached hydrogen (secondary N) is 1. The molecule has 0 spiro atoms. The van der Waals surface area contributed by atoms with Crippen molar-refractivity contribution in [3.63, 3.8) is 0 Å². The molecule has 0 aromatic heterocycles. The zero-order valence-corrected chi connectivity index (χ0v) is 8.92. The number of nitrogens with zero attached hydrogens (tertiary/aromatic N) is 1. The summed E-state index contributed by atoms with van der Waals surface area (Å²) in [6.45, 7) is 9.12. The summed E-state index contributed by atoms with van der Waals surface area (Å²) in [7, 11) is 0. The first-order valence-corrected chi connectivity index (χ1v) is 5.44. The van der Waals surface area contributed by atoms with Gasteiger partial charge in [-0.15, -0.1) is 0 Å². The van der Waals surface area contributed by atoms with E-state index in [1.54, 1.807) is 0 Å². The third-order valence-electron chi connectivity index (χ3n) is 2.70. The van der Waals surface area contributed by atoms with Crippen LogP contribution < -0.4 is 5.32 Å². The largest absolute Gasteiger partial charge is 0.317 e. The second-order valence-electron chi connectivity index (χ2n) is 3.75. The Bertz CT molecular complexity index is 154. The molecule has 0 aromatic rings. The van der Waals surface area contributed by atoms with Crippen molar-refractivity contribution in [1.29, 1.82) is 0 Å². The van der Waals surface area contributed by atoms with Gasteiger partial charge in [-0.3, -0.25) is 4.90 Å². The Labute approximate surface area is 82.0 Å². The molecule has 0 fully saturated rings. The molecule has 2 nitrogen and oxygen atoms in total. The van der Waals surface area contributed by atoms with E-state index in [-0.39, 0.29) is 0 Å². The Kier molecular flexibility index (Phi) is 5.09. The zero-order chi connectivity index (χ0) is 9.52. The van der Waals surface area contributed by atoms with Crippen molar-refractivity contribution in [3.05, 3.63) is 12.2 Å². The van der Waals surface area contributed by atoms with Crippen molar-refractivity contribution < 1.29 is 0 Å². The van der Waals surface area contributed by atoms with Crippen molar-refractivity contribution in [2.45, 2.75) is 32.7 Å². The van der Waals surface area contributed by atoms with E-state index in [0.717, 1.165) is 25.7 Å². The van der Waals surface area contributed by atoms with Crippen LogP contribution in [0.25, 0.3) is 0 Å². The van der Waals surface area contributed by atoms with Crippen molar-refractivity contribution in [3.8, 4) is 0 Å². The summed E-state index contributed by atoms with van der Waals surface area (Å²) in [4.78, 5) is 2.55. The first-order valence-electron chi connectivity index (χ1n) is 5.44. The van der Waals surface area contributed by atoms with E-state index >= 15 is 0 Å². The van der Waals surface area contributed by atoms with Crippen LogP contribution in [0.15, 0.2) is 12.2 Å². The Hall–Kier alpha value is -0.340. The molecule has 1 aliphatic rings. The van der Waals surface area contributed by atoms with Crippen LogP contribution in [-0.2, 0) is 0 Å². The van der Waals surface area contributed by atoms with Crippen LogP contribution in [0, 0.1) is 0 Å². The van der Waals surface area contributed by atoms with Gasteiger partial charge in [0.05, 0.1) is 0 Å². The lowest BCUT2D eigenvalue weighted by atomic mass is 10.1. The second kappa shape index (κ2) is 6.17. The molecule has 76 valence electrons. The number of rotatable bonds is 5. The normalized spacial score (nSPS) is 20.5. The molecule has 0 aliphatic carbocycles. The molecule has 1 N–H and O–H groups in total. The quantitative estimate of drug-likeness (QED) is 0.513. The van der Waals surface area contributed by atoms with Gasteiger partial charge in [-0.25, -0.2) is 0 Å². The van der Waals surface area contributed by atoms with E-state index in [4.69, 9.17) is 0 Å². The molecular weight excluding hydrogens is 160 g/mol. The van der Waals surface area contributed by atoms with E-state index in [9.17, 15) is 0 Å². The maximum Gasteiger partial charge on any atom is 0.0166 e. The van der Waals surface area contributed by atoms with E-state index in [2.05, 4.69) is 36.2 Å². The number of hydrogen-bond acceptors (Lipinski definition) is 2. The summed E-state index contributed by atoms with van der Waals surface area (Å²) in [6, 6.07) is 0.726. The smallest absolute Gasteiger partial charge is 0.0166 e. The average molecular weight is 182 g/mol. The van der Waals surface area contributed by atoms with Gasteiger partial charge in [0.15, 0.2) is 0 Å². The average Bonchev–Trinajstić information content (AvgIpc) is 2.19. The molecule has 1 aliphatic heterocycles. The highest BCUT2D eigenvalue weighted by Crippen LogP contribution is 2.08. The van der Waals surface area contributed by atoms with Gasteiger partial charge in [0.1, 0.15) is 0 Å². The predicted octanol–water partition coefficient (Wildman–Crippen LogP) is 1.64. The topological polar surface area (TPSA) is 15.3 Å². The zero-order valence-electron chi connectivity index (χ0n) is 8.92. The van der Waals surface area contributed by atoms with Crippen molar-refractivity contribution in [2.75, 3.05) is 26.2 Å². The van der Waals surface area contributed by atoms with Crippen LogP contribution >= 0.6 is 0 Å². The van der Waals surface area contributed by atoms with Crippen LogP contribution in [0.3, 0.4) is 0 Å². The maximum atomic E-state index is 3.37. The summed E-state index contributed by atoms with van der Waals surface area (Å²) < 4.78 is 0. The van der Waals surface area contributed by atoms with E-state index in [0.29, 0.717) is 0 Å². The van der Waals surface area contributed by atoms with Gasteiger partial charge in [-0.1, -0.05) is 19.1 Å². The molecule has 0 amide bonds. The minimum absolute atomic E-state index is 0.726. The summed E-state index contributed by atoms with van der Waals surface area (Å²) in [5.41, 5.74) is 0. The lowest BCUT2D eigenvalue weighted by Gasteiger charge is -2.29. The van der Waals surface area contributed by atoms with Crippen molar-refractivity contribution >= 4 is 0 Å². The molecule has 1 atom stereocenters. The highest BCUT2D eigenvalue weighted by molar-refractivity contribution is 4.92. The molecule has 2 heteroatoms. The van der Waals surface area contributed by atoms with Gasteiger partial charge in [0.2, 0.25) is 0 Å². The molecular formula is C11H22N2. The van der Waals surface area contributed by atoms with Crippen LogP contribution in [0.1, 0.15) is 26.7 Å². The van der Waals surface area contributed by atoms with Gasteiger partial charge in [-0.05, 0) is 32.9 Å². The summed E-state index contributed by atoms with van der Waals surface area (Å²) in [6.07, 6.45) is 7.06. The van der Waals surface area contributed by atoms with Gasteiger partial charge < -0.3 is 5.32 Å². The Morgan fingerprint density at radius 1 is 1.46 bits per heavy atom. The Balaban J connectivity index is 2.14. The lowest BCUT2D eigenvalue weighted by molar-refractivity contribution is 0.217. The fourth-order valence-corrected chi connectivity index (χ4v) is 1.73. The first kappa shape index (κ1) is 10.7. The molecule has 1 rings (SSSR count). The van der Waals surface area contributed by atoms with Crippen molar-refractivity contribution in [2.24, 2.45) is 0 Å². The van der Waals surface area contributed by atoms with Crippen LogP contribution in [0.5, 0.6) is 0 Å². The van der Waals surface area contributed by atoms with E-state index in [1.165, 1.54) is 19.4 Å². The first-order chi connectivity index (χ1) is 6.34. The molecule has 1 unspecified atom stereocenters. The standard InChI is InChI=1S/C11H22N2/c1-3-12-8-7-11(2)13-9-5-4-6-10-13/h4-5,11-12H,3,6-10H2,1-2H3. The van der Waals surface area contributed by atoms with Crippen molar-refractivity contribution in [1.82, 2.24) is 10.2 Å². The summed E-state index contributed by atoms with van der Waals surface area (Å²) in [5.74, 6) is 0. The van der Waals surface area contributed by atoms with Gasteiger partial charge in [-0.2, -0.15) is 0 Å². The van der Waals surface area contributed by atoms with Crippen LogP contribution in [0.2, 0.25) is 0 Å². The summed E-state index contributed by atoms with van der Waals surface area (Å²) in [5, 5.41) is 3.37. The fourth-order valence-electron chi connectivity index (χ4n) is 1.73. The highest BCUT2D eigenvalue weighted by Gasteiger charge is 2.12. The Morgan fingerprint density at radius 2 is 2.31 bits per heavy atom. The predicted molar refractivity (Wildman–Crippen MR) is 58.0 cm³/mol. The van der Waals surface area contributed by atoms with Crippen LogP contribution in [0.4, 0.5) is 0 Å². The second-order valence-corrected chi connectivity index (χ2v) is 3.75. The Morgan fingerprint density at radius 3 is 2.92 bits per heavy atom. The van der Waals surface area contributed by atoms with Crippen LogP contribution in [-0.4, -0.2) is 37.1 Å². The third-order valence-corrected chi connectivity index (χ3v) is 2.70. The molecule has 0 saturated heterocycles. The minimum Gasteiger partial charge on any atom is -0.317 e. The highest BCUT2D eigenvalue weighted by atomic mass is 15.1. The third kappa shape index (κ3) is 3.92. The van der Waals surface area contributed by atoms with Gasteiger partial charge in [0, 0.05) is 19.1 Å². The molecule has 0 bridgehead atoms. The maximum absolute atomic E-state index is 3.37. The molecule has 0 radical (unpaired) electrons. The SMILES string of the molecule is CCNCCC(C)N1CC=CCC1. The molecule has 1 heterocycles. The molecule has 0 aromatic carbocycles.